The molecule has 0 aliphatic carbocycles. The first-order chi connectivity index (χ1) is 15.9. The lowest BCUT2D eigenvalue weighted by Gasteiger charge is -2.31. The first-order valence-electron chi connectivity index (χ1n) is 11.7. The van der Waals surface area contributed by atoms with E-state index in [1.165, 1.54) is 0 Å². The van der Waals surface area contributed by atoms with Gasteiger partial charge in [0.1, 0.15) is 0 Å². The van der Waals surface area contributed by atoms with Crippen LogP contribution in [0.3, 0.4) is 0 Å². The predicted octanol–water partition coefficient (Wildman–Crippen LogP) is 3.95. The number of nitrogens with zero attached hydrogens (tertiary/aromatic N) is 4. The maximum Gasteiger partial charge on any atom is 0.257 e. The van der Waals surface area contributed by atoms with Gasteiger partial charge in [-0.05, 0) is 74.4 Å². The van der Waals surface area contributed by atoms with Crippen LogP contribution in [0.5, 0.6) is 0 Å². The summed E-state index contributed by atoms with van der Waals surface area (Å²) in [6.07, 6.45) is 5.90. The van der Waals surface area contributed by atoms with E-state index in [1.807, 2.05) is 44.3 Å². The van der Waals surface area contributed by atoms with Crippen LogP contribution in [0.4, 0.5) is 0 Å². The number of fused-ring (bicyclic) bond motifs is 1. The Labute approximate surface area is 196 Å². The van der Waals surface area contributed by atoms with E-state index in [4.69, 9.17) is 0 Å². The molecule has 0 atom stereocenters. The van der Waals surface area contributed by atoms with Gasteiger partial charge in [-0.3, -0.25) is 4.79 Å². The lowest BCUT2D eigenvalue weighted by molar-refractivity contribution is 0.0775. The van der Waals surface area contributed by atoms with Crippen molar-refractivity contribution in [1.82, 2.24) is 18.8 Å². The van der Waals surface area contributed by atoms with Crippen LogP contribution in [0.2, 0.25) is 0 Å². The maximum absolute atomic E-state index is 13.1. The number of rotatable bonds is 7. The Bertz CT molecular complexity index is 1220. The molecular formula is C25H32N4O3S. The molecule has 176 valence electrons. The maximum atomic E-state index is 13.1. The van der Waals surface area contributed by atoms with Crippen molar-refractivity contribution in [3.63, 3.8) is 0 Å². The number of benzene rings is 1. The summed E-state index contributed by atoms with van der Waals surface area (Å²) in [5.74, 6) is 0.234. The van der Waals surface area contributed by atoms with Crippen molar-refractivity contribution in [3.8, 4) is 0 Å². The zero-order valence-electron chi connectivity index (χ0n) is 19.6. The molecule has 8 heteroatoms. The van der Waals surface area contributed by atoms with Gasteiger partial charge in [-0.15, -0.1) is 0 Å². The van der Waals surface area contributed by atoms with Gasteiger partial charge in [0, 0.05) is 32.4 Å². The van der Waals surface area contributed by atoms with Crippen molar-refractivity contribution < 1.29 is 13.2 Å². The summed E-state index contributed by atoms with van der Waals surface area (Å²) in [4.78, 5) is 15.0. The number of amides is 1. The first kappa shape index (κ1) is 23.4. The highest BCUT2D eigenvalue weighted by molar-refractivity contribution is 7.89. The summed E-state index contributed by atoms with van der Waals surface area (Å²) in [7, 11) is -3.48. The van der Waals surface area contributed by atoms with E-state index < -0.39 is 10.0 Å². The molecule has 4 rings (SSSR count). The van der Waals surface area contributed by atoms with Gasteiger partial charge < -0.3 is 4.90 Å². The van der Waals surface area contributed by atoms with E-state index in [9.17, 15) is 13.2 Å². The highest BCUT2D eigenvalue weighted by Crippen LogP contribution is 2.32. The molecule has 0 unspecified atom stereocenters. The van der Waals surface area contributed by atoms with Gasteiger partial charge in [-0.1, -0.05) is 19.1 Å². The Morgan fingerprint density at radius 1 is 1.06 bits per heavy atom. The summed E-state index contributed by atoms with van der Waals surface area (Å²) < 4.78 is 29.5. The molecule has 3 aromatic rings. The van der Waals surface area contributed by atoms with Gasteiger partial charge in [-0.25, -0.2) is 12.9 Å². The third-order valence-corrected chi connectivity index (χ3v) is 8.63. The molecule has 1 amide bonds. The monoisotopic (exact) mass is 468 g/mol. The second-order valence-electron chi connectivity index (χ2n) is 8.50. The first-order valence-corrected chi connectivity index (χ1v) is 13.2. The van der Waals surface area contributed by atoms with Crippen molar-refractivity contribution in [3.05, 3.63) is 65.5 Å². The fraction of sp³-hybridized carbons (Fsp3) is 0.440. The molecule has 3 heterocycles. The van der Waals surface area contributed by atoms with Crippen LogP contribution < -0.4 is 0 Å². The number of pyridine rings is 1. The molecule has 0 bridgehead atoms. The number of aromatic nitrogens is 2. The smallest absolute Gasteiger partial charge is 0.257 e. The highest BCUT2D eigenvalue weighted by Gasteiger charge is 2.30. The molecule has 1 aromatic carbocycles. The van der Waals surface area contributed by atoms with E-state index >= 15 is 0 Å². The standard InChI is InChI=1S/C25H32N4O3S/c1-4-19-7-9-22(10-8-19)33(31,32)28-14-11-20(12-15-28)21-13-16-29-24(17-21)23(18-26-29)25(30)27(5-2)6-3/h7-10,13,16-18,20H,4-6,11-12,14-15H2,1-3H3. The molecule has 0 spiro atoms. The number of piperidine rings is 1. The molecule has 7 nitrogen and oxygen atoms in total. The van der Waals surface area contributed by atoms with Crippen LogP contribution in [-0.2, 0) is 16.4 Å². The van der Waals surface area contributed by atoms with Gasteiger partial charge in [0.15, 0.2) is 0 Å². The second kappa shape index (κ2) is 9.65. The van der Waals surface area contributed by atoms with Crippen LogP contribution in [0, 0.1) is 0 Å². The van der Waals surface area contributed by atoms with Gasteiger partial charge in [0.25, 0.3) is 5.91 Å². The Hall–Kier alpha value is -2.71. The van der Waals surface area contributed by atoms with Crippen LogP contribution in [0.15, 0.2) is 53.7 Å². The molecule has 0 N–H and O–H groups in total. The quantitative estimate of drug-likeness (QED) is 0.526. The lowest BCUT2D eigenvalue weighted by Crippen LogP contribution is -2.37. The van der Waals surface area contributed by atoms with E-state index in [0.29, 0.717) is 36.6 Å². The Morgan fingerprint density at radius 2 is 1.73 bits per heavy atom. The minimum Gasteiger partial charge on any atom is -0.339 e. The van der Waals surface area contributed by atoms with Gasteiger partial charge >= 0.3 is 0 Å². The number of hydrogen-bond acceptors (Lipinski definition) is 4. The zero-order valence-corrected chi connectivity index (χ0v) is 20.4. The molecule has 33 heavy (non-hydrogen) atoms. The molecular weight excluding hydrogens is 436 g/mol. The largest absolute Gasteiger partial charge is 0.339 e. The molecule has 1 aliphatic rings. The van der Waals surface area contributed by atoms with E-state index in [2.05, 4.69) is 12.0 Å². The fourth-order valence-corrected chi connectivity index (χ4v) is 6.04. The van der Waals surface area contributed by atoms with Crippen molar-refractivity contribution >= 4 is 21.4 Å². The van der Waals surface area contributed by atoms with Crippen molar-refractivity contribution in [1.29, 1.82) is 0 Å². The van der Waals surface area contributed by atoms with Crippen LogP contribution >= 0.6 is 0 Å². The SMILES string of the molecule is CCc1ccc(S(=O)(=O)N2CCC(c3ccn4ncc(C(=O)N(CC)CC)c4c3)CC2)cc1. The number of carbonyl (C=O) groups is 1. The molecule has 1 fully saturated rings. The van der Waals surface area contributed by atoms with E-state index in [1.54, 1.807) is 32.1 Å². The van der Waals surface area contributed by atoms with E-state index in [0.717, 1.165) is 35.9 Å². The highest BCUT2D eigenvalue weighted by atomic mass is 32.2. The number of sulfonamides is 1. The number of aryl methyl sites for hydroxylation is 1. The minimum atomic E-state index is -3.48. The van der Waals surface area contributed by atoms with E-state index in [-0.39, 0.29) is 11.8 Å². The topological polar surface area (TPSA) is 75.0 Å². The summed E-state index contributed by atoms with van der Waals surface area (Å²) in [6, 6.07) is 11.3. The third-order valence-electron chi connectivity index (χ3n) is 6.72. The molecule has 1 aliphatic heterocycles. The van der Waals surface area contributed by atoms with Crippen molar-refractivity contribution in [2.24, 2.45) is 0 Å². The van der Waals surface area contributed by atoms with Gasteiger partial charge in [0.05, 0.1) is 22.2 Å². The molecule has 1 saturated heterocycles. The Balaban J connectivity index is 1.51. The summed E-state index contributed by atoms with van der Waals surface area (Å²) in [5.41, 5.74) is 3.66. The molecule has 2 aromatic heterocycles. The fourth-order valence-electron chi connectivity index (χ4n) is 4.57. The molecule has 0 saturated carbocycles. The Kier molecular flexibility index (Phi) is 6.86. The number of hydrogen-bond donors (Lipinski definition) is 0. The lowest BCUT2D eigenvalue weighted by atomic mass is 9.90. The summed E-state index contributed by atoms with van der Waals surface area (Å²) in [6.45, 7) is 8.27. The predicted molar refractivity (Wildman–Crippen MR) is 129 cm³/mol. The average Bonchev–Trinajstić information content (AvgIpc) is 3.28. The van der Waals surface area contributed by atoms with Crippen molar-refractivity contribution in [2.75, 3.05) is 26.2 Å². The van der Waals surface area contributed by atoms with Crippen LogP contribution in [0.1, 0.15) is 61.0 Å². The van der Waals surface area contributed by atoms with Gasteiger partial charge in [0.2, 0.25) is 10.0 Å². The normalized spacial score (nSPS) is 15.7. The Morgan fingerprint density at radius 3 is 2.33 bits per heavy atom. The van der Waals surface area contributed by atoms with Gasteiger partial charge in [-0.2, -0.15) is 9.40 Å². The zero-order chi connectivity index (χ0) is 23.6. The second-order valence-corrected chi connectivity index (χ2v) is 10.4. The summed E-state index contributed by atoms with van der Waals surface area (Å²) >= 11 is 0. The average molecular weight is 469 g/mol. The molecule has 0 radical (unpaired) electrons. The number of carbonyl (C=O) groups excluding carboxylic acids is 1. The minimum absolute atomic E-state index is 0.0119. The van der Waals surface area contributed by atoms with Crippen LogP contribution in [-0.4, -0.2) is 59.3 Å². The van der Waals surface area contributed by atoms with Crippen LogP contribution in [0.25, 0.3) is 5.52 Å². The third kappa shape index (κ3) is 4.54. The van der Waals surface area contributed by atoms with Crippen molar-refractivity contribution in [2.45, 2.75) is 50.8 Å². The summed E-state index contributed by atoms with van der Waals surface area (Å²) in [5, 5.41) is 4.35.